The Hall–Kier alpha value is -4.24. The van der Waals surface area contributed by atoms with Crippen molar-refractivity contribution in [1.29, 1.82) is 0 Å². The minimum absolute atomic E-state index is 0.0622. The number of carboxylic acid groups (broad SMARTS) is 1. The van der Waals surface area contributed by atoms with Crippen LogP contribution in [-0.2, 0) is 9.53 Å². The van der Waals surface area contributed by atoms with Crippen molar-refractivity contribution in [1.82, 2.24) is 10.3 Å². The van der Waals surface area contributed by atoms with Crippen LogP contribution in [0.1, 0.15) is 27.5 Å². The summed E-state index contributed by atoms with van der Waals surface area (Å²) in [4.78, 5) is 39.2. The van der Waals surface area contributed by atoms with E-state index in [0.717, 1.165) is 22.3 Å². The van der Waals surface area contributed by atoms with Gasteiger partial charge in [0.1, 0.15) is 12.3 Å². The smallest absolute Gasteiger partial charge is 0.411 e. The number of anilines is 1. The maximum atomic E-state index is 12.3. The molecule has 1 atom stereocenters. The van der Waals surface area contributed by atoms with Gasteiger partial charge in [-0.15, -0.1) is 0 Å². The molecule has 9 heteroatoms. The van der Waals surface area contributed by atoms with E-state index in [1.54, 1.807) is 0 Å². The monoisotopic (exact) mass is 447 g/mol. The Balaban J connectivity index is 1.36. The topological polar surface area (TPSA) is 138 Å². The maximum Gasteiger partial charge on any atom is 0.411 e. The van der Waals surface area contributed by atoms with Gasteiger partial charge in [-0.2, -0.15) is 0 Å². The van der Waals surface area contributed by atoms with Gasteiger partial charge in [0, 0.05) is 5.92 Å². The zero-order valence-corrected chi connectivity index (χ0v) is 17.4. The highest BCUT2D eigenvalue weighted by molar-refractivity contribution is 5.95. The summed E-state index contributed by atoms with van der Waals surface area (Å²) < 4.78 is 5.46. The van der Waals surface area contributed by atoms with Crippen LogP contribution < -0.4 is 10.6 Å². The Bertz CT molecular complexity index is 1150. The molecule has 0 spiro atoms. The van der Waals surface area contributed by atoms with Gasteiger partial charge in [0.15, 0.2) is 6.04 Å². The highest BCUT2D eigenvalue weighted by Crippen LogP contribution is 2.44. The van der Waals surface area contributed by atoms with Crippen molar-refractivity contribution in [3.05, 3.63) is 83.7 Å². The lowest BCUT2D eigenvalue weighted by Gasteiger charge is -2.14. The van der Waals surface area contributed by atoms with Crippen LogP contribution in [0.2, 0.25) is 0 Å². The van der Waals surface area contributed by atoms with E-state index in [4.69, 9.17) is 14.9 Å². The number of fused-ring (bicyclic) bond motifs is 3. The molecule has 2 amide bonds. The highest BCUT2D eigenvalue weighted by Gasteiger charge is 2.29. The minimum atomic E-state index is -1.43. The van der Waals surface area contributed by atoms with Crippen molar-refractivity contribution in [2.24, 2.45) is 0 Å². The van der Waals surface area contributed by atoms with Gasteiger partial charge in [0.05, 0.1) is 18.5 Å². The van der Waals surface area contributed by atoms with Crippen LogP contribution >= 0.6 is 0 Å². The van der Waals surface area contributed by atoms with Gasteiger partial charge in [-0.3, -0.25) is 10.1 Å². The van der Waals surface area contributed by atoms with Gasteiger partial charge < -0.3 is 20.3 Å². The molecule has 0 aliphatic heterocycles. The molecule has 1 aliphatic rings. The molecule has 9 nitrogen and oxygen atoms in total. The number of carboxylic acids is 1. The SMILES string of the molecule is O=C(Nc1ccc(C(=O)N[C@H](CO)C(=O)O)nc1)OCC1c2ccccc2-c2ccccc21. The molecule has 4 N–H and O–H groups in total. The molecule has 0 bridgehead atoms. The molecular weight excluding hydrogens is 426 g/mol. The number of benzene rings is 2. The molecule has 1 aliphatic carbocycles. The number of aliphatic hydroxyl groups excluding tert-OH is 1. The molecule has 4 rings (SSSR count). The summed E-state index contributed by atoms with van der Waals surface area (Å²) >= 11 is 0. The number of nitrogens with one attached hydrogen (secondary N) is 2. The summed E-state index contributed by atoms with van der Waals surface area (Å²) in [5.74, 6) is -2.19. The average molecular weight is 447 g/mol. The third-order valence-corrected chi connectivity index (χ3v) is 5.37. The molecule has 0 radical (unpaired) electrons. The summed E-state index contributed by atoms with van der Waals surface area (Å²) in [7, 11) is 0. The van der Waals surface area contributed by atoms with Crippen LogP contribution in [0.3, 0.4) is 0 Å². The minimum Gasteiger partial charge on any atom is -0.480 e. The first-order chi connectivity index (χ1) is 16.0. The van der Waals surface area contributed by atoms with E-state index >= 15 is 0 Å². The predicted octanol–water partition coefficient (Wildman–Crippen LogP) is 2.62. The van der Waals surface area contributed by atoms with Crippen molar-refractivity contribution in [3.8, 4) is 11.1 Å². The van der Waals surface area contributed by atoms with Gasteiger partial charge in [0.25, 0.3) is 5.91 Å². The van der Waals surface area contributed by atoms with Crippen molar-refractivity contribution in [3.63, 3.8) is 0 Å². The third kappa shape index (κ3) is 4.68. The number of ether oxygens (including phenoxy) is 1. The van der Waals surface area contributed by atoms with Crippen LogP contribution in [-0.4, -0.2) is 52.4 Å². The fourth-order valence-corrected chi connectivity index (χ4v) is 3.77. The van der Waals surface area contributed by atoms with Gasteiger partial charge in [-0.25, -0.2) is 14.6 Å². The molecular formula is C24H21N3O6. The highest BCUT2D eigenvalue weighted by atomic mass is 16.5. The number of pyridine rings is 1. The normalized spacial score (nSPS) is 12.9. The number of nitrogens with zero attached hydrogens (tertiary/aromatic N) is 1. The van der Waals surface area contributed by atoms with E-state index < -0.39 is 30.6 Å². The number of carbonyl (C=O) groups excluding carboxylic acids is 2. The molecule has 0 saturated carbocycles. The van der Waals surface area contributed by atoms with Gasteiger partial charge in [-0.1, -0.05) is 48.5 Å². The second-order valence-electron chi connectivity index (χ2n) is 7.43. The van der Waals surface area contributed by atoms with Gasteiger partial charge in [0.2, 0.25) is 0 Å². The molecule has 1 aromatic heterocycles. The van der Waals surface area contributed by atoms with Crippen LogP contribution in [0.15, 0.2) is 66.9 Å². The van der Waals surface area contributed by atoms with Crippen molar-refractivity contribution >= 4 is 23.7 Å². The number of aromatic nitrogens is 1. The number of rotatable bonds is 7. The average Bonchev–Trinajstić information content (AvgIpc) is 3.15. The van der Waals surface area contributed by atoms with Gasteiger partial charge in [-0.05, 0) is 34.4 Å². The molecule has 2 aromatic carbocycles. The summed E-state index contributed by atoms with van der Waals surface area (Å²) in [5, 5.41) is 22.6. The van der Waals surface area contributed by atoms with Crippen LogP contribution in [0.4, 0.5) is 10.5 Å². The lowest BCUT2D eigenvalue weighted by atomic mass is 9.98. The Morgan fingerprint density at radius 1 is 0.970 bits per heavy atom. The van der Waals surface area contributed by atoms with E-state index in [1.807, 2.05) is 36.4 Å². The Morgan fingerprint density at radius 3 is 2.15 bits per heavy atom. The Kier molecular flexibility index (Phi) is 6.32. The molecule has 168 valence electrons. The van der Waals surface area contributed by atoms with Crippen molar-refractivity contribution in [2.75, 3.05) is 18.5 Å². The lowest BCUT2D eigenvalue weighted by Crippen LogP contribution is -2.43. The molecule has 0 saturated heterocycles. The predicted molar refractivity (Wildman–Crippen MR) is 119 cm³/mol. The van der Waals surface area contributed by atoms with Gasteiger partial charge >= 0.3 is 12.1 Å². The number of aliphatic carboxylic acids is 1. The van der Waals surface area contributed by atoms with E-state index in [9.17, 15) is 14.4 Å². The van der Waals surface area contributed by atoms with Crippen molar-refractivity contribution < 1.29 is 29.3 Å². The van der Waals surface area contributed by atoms with E-state index in [2.05, 4.69) is 27.8 Å². The van der Waals surface area contributed by atoms with Crippen LogP contribution in [0.5, 0.6) is 0 Å². The third-order valence-electron chi connectivity index (χ3n) is 5.37. The standard InChI is InChI=1S/C24H21N3O6/c28-12-21(23(30)31)27-22(29)20-10-9-14(11-25-20)26-24(32)33-13-19-17-7-3-1-5-15(17)16-6-2-4-8-18(16)19/h1-11,19,21,28H,12-13H2,(H,26,32)(H,27,29)(H,30,31)/t21-/m1/s1. The quantitative estimate of drug-likeness (QED) is 0.437. The van der Waals surface area contributed by atoms with Crippen LogP contribution in [0.25, 0.3) is 11.1 Å². The van der Waals surface area contributed by atoms with Crippen LogP contribution in [0, 0.1) is 0 Å². The maximum absolute atomic E-state index is 12.3. The Morgan fingerprint density at radius 2 is 1.61 bits per heavy atom. The Labute approximate surface area is 189 Å². The summed E-state index contributed by atoms with van der Waals surface area (Å²) in [6.07, 6.45) is 0.590. The molecule has 0 fully saturated rings. The fraction of sp³-hybridized carbons (Fsp3) is 0.167. The first kappa shape index (κ1) is 22.0. The first-order valence-electron chi connectivity index (χ1n) is 10.2. The lowest BCUT2D eigenvalue weighted by molar-refractivity contribution is -0.140. The summed E-state index contributed by atoms with van der Waals surface area (Å²) in [5.41, 5.74) is 4.71. The zero-order valence-electron chi connectivity index (χ0n) is 17.4. The number of amides is 2. The first-order valence-corrected chi connectivity index (χ1v) is 10.2. The molecule has 0 unspecified atom stereocenters. The number of hydrogen-bond donors (Lipinski definition) is 4. The molecule has 33 heavy (non-hydrogen) atoms. The second kappa shape index (κ2) is 9.49. The number of aliphatic hydroxyl groups is 1. The second-order valence-corrected chi connectivity index (χ2v) is 7.43. The van der Waals surface area contributed by atoms with E-state index in [1.165, 1.54) is 18.3 Å². The zero-order chi connectivity index (χ0) is 23.4. The number of hydrogen-bond acceptors (Lipinski definition) is 6. The fourth-order valence-electron chi connectivity index (χ4n) is 3.77. The van der Waals surface area contributed by atoms with E-state index in [0.29, 0.717) is 5.69 Å². The molecule has 1 heterocycles. The summed E-state index contributed by atoms with van der Waals surface area (Å²) in [6, 6.07) is 17.4. The largest absolute Gasteiger partial charge is 0.480 e. The molecule has 3 aromatic rings. The summed E-state index contributed by atoms with van der Waals surface area (Å²) in [6.45, 7) is -0.589. The van der Waals surface area contributed by atoms with Crippen molar-refractivity contribution in [2.45, 2.75) is 12.0 Å². The van der Waals surface area contributed by atoms with E-state index in [-0.39, 0.29) is 18.2 Å². The number of carbonyl (C=O) groups is 3.